The molecule has 0 heterocycles. The summed E-state index contributed by atoms with van der Waals surface area (Å²) in [5.74, 6) is -0.0548. The van der Waals surface area contributed by atoms with Gasteiger partial charge in [0.15, 0.2) is 0 Å². The lowest BCUT2D eigenvalue weighted by Gasteiger charge is -2.06. The summed E-state index contributed by atoms with van der Waals surface area (Å²) in [5.41, 5.74) is 11.3. The van der Waals surface area contributed by atoms with Gasteiger partial charge in [0.1, 0.15) is 0 Å². The van der Waals surface area contributed by atoms with Crippen molar-refractivity contribution in [3.63, 3.8) is 0 Å². The van der Waals surface area contributed by atoms with Crippen LogP contribution < -0.4 is 16.0 Å². The summed E-state index contributed by atoms with van der Waals surface area (Å²) in [6, 6.07) is 4.24. The van der Waals surface area contributed by atoms with Crippen molar-refractivity contribution in [3.05, 3.63) is 18.2 Å². The van der Waals surface area contributed by atoms with Gasteiger partial charge in [0.2, 0.25) is 5.75 Å². The largest absolute Gasteiger partial charge is 0.613 e. The van der Waals surface area contributed by atoms with Crippen LogP contribution in [0.3, 0.4) is 0 Å². The Bertz CT molecular complexity index is 312. The molecule has 0 aliphatic rings. The fourth-order valence-corrected chi connectivity index (χ4v) is 1.18. The molecule has 0 saturated carbocycles. The van der Waals surface area contributed by atoms with Gasteiger partial charge in [0.05, 0.1) is 5.69 Å². The lowest BCUT2D eigenvalue weighted by molar-refractivity contribution is 0.238. The van der Waals surface area contributed by atoms with Crippen LogP contribution in [0, 0.1) is 0 Å². The quantitative estimate of drug-likeness (QED) is 0.339. The molecule has 0 aromatic heterocycles. The standard InChI is InChI=1S/C6H10N2O4P/c7-4-1-2-5(8)6(3-4)12-13(9,10)11/h1-3,9-11H,7-8H2/q+1. The molecule has 0 amide bonds. The molecule has 0 saturated heterocycles. The Balaban J connectivity index is 2.94. The second kappa shape index (κ2) is 3.35. The number of rotatable bonds is 2. The van der Waals surface area contributed by atoms with E-state index >= 15 is 0 Å². The van der Waals surface area contributed by atoms with Gasteiger partial charge in [-0.2, -0.15) is 14.7 Å². The number of hydrogen-bond donors (Lipinski definition) is 5. The third kappa shape index (κ3) is 3.04. The minimum atomic E-state index is -4.32. The maximum absolute atomic E-state index is 8.59. The third-order valence-corrected chi connectivity index (χ3v) is 1.70. The van der Waals surface area contributed by atoms with Crippen LogP contribution in [0.1, 0.15) is 0 Å². The van der Waals surface area contributed by atoms with Crippen molar-refractivity contribution in [2.45, 2.75) is 0 Å². The van der Waals surface area contributed by atoms with Crippen LogP contribution in [0.5, 0.6) is 5.75 Å². The second-order valence-corrected chi connectivity index (χ2v) is 3.61. The highest BCUT2D eigenvalue weighted by molar-refractivity contribution is 7.53. The van der Waals surface area contributed by atoms with Crippen molar-refractivity contribution in [1.29, 1.82) is 0 Å². The number of anilines is 2. The van der Waals surface area contributed by atoms with Crippen molar-refractivity contribution in [1.82, 2.24) is 0 Å². The lowest BCUT2D eigenvalue weighted by Crippen LogP contribution is -2.01. The van der Waals surface area contributed by atoms with Gasteiger partial charge in [0, 0.05) is 11.8 Å². The summed E-state index contributed by atoms with van der Waals surface area (Å²) < 4.78 is 4.39. The van der Waals surface area contributed by atoms with E-state index in [0.717, 1.165) is 0 Å². The SMILES string of the molecule is Nc1ccc(N)c(O[P+](O)(O)O)c1. The third-order valence-electron chi connectivity index (χ3n) is 1.26. The molecule has 0 spiro atoms. The first-order valence-electron chi connectivity index (χ1n) is 3.30. The van der Waals surface area contributed by atoms with Crippen molar-refractivity contribution < 1.29 is 19.2 Å². The fraction of sp³-hybridized carbons (Fsp3) is 0. The summed E-state index contributed by atoms with van der Waals surface area (Å²) in [5, 5.41) is 0. The number of nitrogen functional groups attached to an aromatic ring is 2. The summed E-state index contributed by atoms with van der Waals surface area (Å²) in [6.07, 6.45) is 0. The van der Waals surface area contributed by atoms with E-state index in [1.54, 1.807) is 0 Å². The molecule has 1 aromatic carbocycles. The molecule has 13 heavy (non-hydrogen) atoms. The normalized spacial score (nSPS) is 11.3. The molecule has 1 aromatic rings. The molecule has 0 unspecified atom stereocenters. The van der Waals surface area contributed by atoms with Crippen molar-refractivity contribution in [3.8, 4) is 5.75 Å². The topological polar surface area (TPSA) is 122 Å². The summed E-state index contributed by atoms with van der Waals surface area (Å²) in [7, 11) is -4.32. The van der Waals surface area contributed by atoms with E-state index in [1.807, 2.05) is 0 Å². The van der Waals surface area contributed by atoms with Gasteiger partial charge in [0.25, 0.3) is 0 Å². The molecule has 0 aliphatic carbocycles. The monoisotopic (exact) mass is 205 g/mol. The highest BCUT2D eigenvalue weighted by Gasteiger charge is 2.35. The zero-order valence-corrected chi connectivity index (χ0v) is 7.48. The minimum Gasteiger partial charge on any atom is -0.399 e. The maximum Gasteiger partial charge on any atom is 0.613 e. The average molecular weight is 205 g/mol. The van der Waals surface area contributed by atoms with Gasteiger partial charge in [-0.25, -0.2) is 0 Å². The molecule has 7 heteroatoms. The highest BCUT2D eigenvalue weighted by Crippen LogP contribution is 2.47. The average Bonchev–Trinajstić information content (AvgIpc) is 1.94. The van der Waals surface area contributed by atoms with Crippen LogP contribution >= 0.6 is 8.17 Å². The molecule has 6 nitrogen and oxygen atoms in total. The molecule has 0 radical (unpaired) electrons. The fourth-order valence-electron chi connectivity index (χ4n) is 0.762. The Morgan fingerprint density at radius 3 is 2.31 bits per heavy atom. The Hall–Kier alpha value is -1.07. The van der Waals surface area contributed by atoms with Crippen LogP contribution in [0.4, 0.5) is 11.4 Å². The molecule has 1 rings (SSSR count). The summed E-state index contributed by atoms with van der Waals surface area (Å²) in [6.45, 7) is 0. The molecular formula is C6H10N2O4P+. The molecule has 0 fully saturated rings. The van der Waals surface area contributed by atoms with E-state index in [4.69, 9.17) is 26.1 Å². The molecule has 7 N–H and O–H groups in total. The van der Waals surface area contributed by atoms with E-state index in [1.165, 1.54) is 18.2 Å². The van der Waals surface area contributed by atoms with E-state index in [2.05, 4.69) is 4.52 Å². The first-order valence-corrected chi connectivity index (χ1v) is 4.87. The van der Waals surface area contributed by atoms with E-state index in [0.29, 0.717) is 5.69 Å². The van der Waals surface area contributed by atoms with Crippen LogP contribution in [-0.4, -0.2) is 14.7 Å². The zero-order valence-electron chi connectivity index (χ0n) is 6.58. The molecule has 0 aliphatic heterocycles. The van der Waals surface area contributed by atoms with Gasteiger partial charge >= 0.3 is 8.17 Å². The lowest BCUT2D eigenvalue weighted by atomic mass is 10.3. The van der Waals surface area contributed by atoms with Crippen molar-refractivity contribution in [2.75, 3.05) is 11.5 Å². The summed E-state index contributed by atoms with van der Waals surface area (Å²) in [4.78, 5) is 25.8. The van der Waals surface area contributed by atoms with Crippen LogP contribution in [-0.2, 0) is 0 Å². The smallest absolute Gasteiger partial charge is 0.399 e. The second-order valence-electron chi connectivity index (χ2n) is 2.40. The number of benzene rings is 1. The highest BCUT2D eigenvalue weighted by atomic mass is 31.2. The summed E-state index contributed by atoms with van der Waals surface area (Å²) >= 11 is 0. The van der Waals surface area contributed by atoms with Crippen LogP contribution in [0.15, 0.2) is 18.2 Å². The number of nitrogens with two attached hydrogens (primary N) is 2. The van der Waals surface area contributed by atoms with Crippen LogP contribution in [0.25, 0.3) is 0 Å². The van der Waals surface area contributed by atoms with Crippen molar-refractivity contribution in [2.24, 2.45) is 0 Å². The Morgan fingerprint density at radius 1 is 1.15 bits per heavy atom. The zero-order chi connectivity index (χ0) is 10.1. The Labute approximate surface area is 75.0 Å². The first-order chi connectivity index (χ1) is 5.88. The molecular weight excluding hydrogens is 195 g/mol. The predicted octanol–water partition coefficient (Wildman–Crippen LogP) is -0.116. The minimum absolute atomic E-state index is 0.0548. The Morgan fingerprint density at radius 2 is 1.77 bits per heavy atom. The van der Waals surface area contributed by atoms with E-state index in [-0.39, 0.29) is 11.4 Å². The van der Waals surface area contributed by atoms with Gasteiger partial charge in [-0.05, 0) is 12.1 Å². The van der Waals surface area contributed by atoms with E-state index in [9.17, 15) is 0 Å². The van der Waals surface area contributed by atoms with Gasteiger partial charge < -0.3 is 11.5 Å². The number of hydrogen-bond acceptors (Lipinski definition) is 6. The van der Waals surface area contributed by atoms with E-state index < -0.39 is 8.17 Å². The van der Waals surface area contributed by atoms with Gasteiger partial charge in [-0.15, -0.1) is 0 Å². The maximum atomic E-state index is 8.59. The first kappa shape index (κ1) is 10.0. The molecule has 0 bridgehead atoms. The molecule has 72 valence electrons. The van der Waals surface area contributed by atoms with Gasteiger partial charge in [-0.3, -0.25) is 4.52 Å². The molecule has 0 atom stereocenters. The van der Waals surface area contributed by atoms with Crippen molar-refractivity contribution >= 4 is 19.5 Å². The predicted molar refractivity (Wildman–Crippen MR) is 49.5 cm³/mol. The Kier molecular flexibility index (Phi) is 2.58. The van der Waals surface area contributed by atoms with Crippen LogP contribution in [0.2, 0.25) is 0 Å². The van der Waals surface area contributed by atoms with Gasteiger partial charge in [-0.1, -0.05) is 0 Å².